The monoisotopic (exact) mass is 342 g/mol. The Morgan fingerprint density at radius 2 is 2.08 bits per heavy atom. The standard InChI is InChI=1S/C18H18N2O3S/c1-13(21)14-6-7-17(23-2)15(9-14)11-24(22)12-16-10-20-8-4-3-5-18(20)19-16/h3-10H,11-12H2,1-2H3. The molecule has 6 heteroatoms. The van der Waals surface area contributed by atoms with Crippen LogP contribution in [-0.4, -0.2) is 26.5 Å². The van der Waals surface area contributed by atoms with Gasteiger partial charge in [0.25, 0.3) is 0 Å². The summed E-state index contributed by atoms with van der Waals surface area (Å²) >= 11 is 0. The molecule has 1 atom stereocenters. The number of nitrogens with zero attached hydrogens (tertiary/aromatic N) is 2. The molecule has 0 N–H and O–H groups in total. The van der Waals surface area contributed by atoms with Gasteiger partial charge in [-0.25, -0.2) is 4.98 Å². The molecule has 124 valence electrons. The third-order valence-electron chi connectivity index (χ3n) is 3.73. The molecule has 0 spiro atoms. The van der Waals surface area contributed by atoms with E-state index >= 15 is 0 Å². The number of ether oxygens (including phenoxy) is 1. The normalized spacial score (nSPS) is 12.2. The number of fused-ring (bicyclic) bond motifs is 1. The van der Waals surface area contributed by atoms with Crippen molar-refractivity contribution in [3.8, 4) is 5.75 Å². The molecule has 0 bridgehead atoms. The molecule has 0 aliphatic carbocycles. The number of hydrogen-bond donors (Lipinski definition) is 0. The molecule has 0 saturated heterocycles. The van der Waals surface area contributed by atoms with Crippen LogP contribution in [-0.2, 0) is 22.3 Å². The first-order chi connectivity index (χ1) is 11.6. The summed E-state index contributed by atoms with van der Waals surface area (Å²) in [7, 11) is 0.418. The lowest BCUT2D eigenvalue weighted by Crippen LogP contribution is -2.03. The van der Waals surface area contributed by atoms with Gasteiger partial charge >= 0.3 is 0 Å². The van der Waals surface area contributed by atoms with Gasteiger partial charge in [0, 0.05) is 34.3 Å². The van der Waals surface area contributed by atoms with Crippen LogP contribution < -0.4 is 4.74 Å². The van der Waals surface area contributed by atoms with Crippen molar-refractivity contribution in [2.24, 2.45) is 0 Å². The van der Waals surface area contributed by atoms with E-state index in [1.807, 2.05) is 35.0 Å². The predicted molar refractivity (Wildman–Crippen MR) is 93.7 cm³/mol. The Hall–Kier alpha value is -2.47. The van der Waals surface area contributed by atoms with E-state index in [9.17, 15) is 9.00 Å². The second-order valence-corrected chi connectivity index (χ2v) is 6.97. The van der Waals surface area contributed by atoms with Gasteiger partial charge in [0.2, 0.25) is 0 Å². The number of ketones is 1. The molecule has 0 fully saturated rings. The molecular formula is C18H18N2O3S. The lowest BCUT2D eigenvalue weighted by atomic mass is 10.1. The van der Waals surface area contributed by atoms with Crippen molar-refractivity contribution in [2.75, 3.05) is 7.11 Å². The van der Waals surface area contributed by atoms with Crippen LogP contribution in [0, 0.1) is 0 Å². The van der Waals surface area contributed by atoms with Gasteiger partial charge in [-0.15, -0.1) is 0 Å². The van der Waals surface area contributed by atoms with E-state index in [2.05, 4.69) is 4.98 Å². The Morgan fingerprint density at radius 1 is 1.25 bits per heavy atom. The van der Waals surface area contributed by atoms with Gasteiger partial charge in [0.1, 0.15) is 11.4 Å². The van der Waals surface area contributed by atoms with E-state index in [1.54, 1.807) is 25.3 Å². The van der Waals surface area contributed by atoms with Crippen LogP contribution in [0.25, 0.3) is 5.65 Å². The quantitative estimate of drug-likeness (QED) is 0.646. The zero-order chi connectivity index (χ0) is 17.1. The molecule has 0 amide bonds. The second-order valence-electron chi connectivity index (χ2n) is 5.51. The average molecular weight is 342 g/mol. The summed E-state index contributed by atoms with van der Waals surface area (Å²) in [5.41, 5.74) is 2.98. The molecular weight excluding hydrogens is 324 g/mol. The van der Waals surface area contributed by atoms with E-state index < -0.39 is 10.8 Å². The Labute approximate surface area is 142 Å². The minimum Gasteiger partial charge on any atom is -0.496 e. The maximum atomic E-state index is 12.5. The van der Waals surface area contributed by atoms with Crippen LogP contribution in [0.3, 0.4) is 0 Å². The summed E-state index contributed by atoms with van der Waals surface area (Å²) in [5, 5.41) is 0. The van der Waals surface area contributed by atoms with Gasteiger partial charge in [-0.1, -0.05) is 6.07 Å². The van der Waals surface area contributed by atoms with Crippen LogP contribution in [0.5, 0.6) is 5.75 Å². The van der Waals surface area contributed by atoms with Gasteiger partial charge in [-0.3, -0.25) is 9.00 Å². The highest BCUT2D eigenvalue weighted by Crippen LogP contribution is 2.22. The lowest BCUT2D eigenvalue weighted by Gasteiger charge is -2.09. The van der Waals surface area contributed by atoms with Crippen molar-refractivity contribution in [1.82, 2.24) is 9.38 Å². The number of rotatable bonds is 6. The average Bonchev–Trinajstić information content (AvgIpc) is 2.96. The zero-order valence-corrected chi connectivity index (χ0v) is 14.4. The molecule has 0 saturated carbocycles. The SMILES string of the molecule is COc1ccc(C(C)=O)cc1CS(=O)Cc1cn2ccccc2n1. The number of methoxy groups -OCH3 is 1. The number of carbonyl (C=O) groups is 1. The Bertz CT molecular complexity index is 885. The summed E-state index contributed by atoms with van der Waals surface area (Å²) in [6, 6.07) is 11.0. The maximum absolute atomic E-state index is 12.5. The molecule has 1 unspecified atom stereocenters. The minimum atomic E-state index is -1.15. The van der Waals surface area contributed by atoms with Crippen LogP contribution in [0.1, 0.15) is 28.5 Å². The van der Waals surface area contributed by atoms with Crippen molar-refractivity contribution >= 4 is 22.2 Å². The Balaban J connectivity index is 1.78. The lowest BCUT2D eigenvalue weighted by molar-refractivity contribution is 0.101. The third-order valence-corrected chi connectivity index (χ3v) is 4.98. The molecule has 0 aliphatic heterocycles. The largest absolute Gasteiger partial charge is 0.496 e. The highest BCUT2D eigenvalue weighted by Gasteiger charge is 2.12. The summed E-state index contributed by atoms with van der Waals surface area (Å²) in [6.07, 6.45) is 3.80. The number of Topliss-reactive ketones (excluding diaryl/α,β-unsaturated/α-hetero) is 1. The summed E-state index contributed by atoms with van der Waals surface area (Å²) < 4.78 is 19.7. The van der Waals surface area contributed by atoms with Crippen molar-refractivity contribution < 1.29 is 13.7 Å². The van der Waals surface area contributed by atoms with Gasteiger partial charge in [0.05, 0.1) is 24.3 Å². The number of pyridine rings is 1. The van der Waals surface area contributed by atoms with Gasteiger partial charge in [0.15, 0.2) is 5.78 Å². The molecule has 2 aromatic heterocycles. The van der Waals surface area contributed by atoms with Gasteiger partial charge < -0.3 is 9.14 Å². The third kappa shape index (κ3) is 3.54. The van der Waals surface area contributed by atoms with Crippen LogP contribution in [0.4, 0.5) is 0 Å². The van der Waals surface area contributed by atoms with Gasteiger partial charge in [-0.2, -0.15) is 0 Å². The van der Waals surface area contributed by atoms with Crippen molar-refractivity contribution in [3.05, 3.63) is 65.6 Å². The first kappa shape index (κ1) is 16.4. The molecule has 0 radical (unpaired) electrons. The molecule has 3 aromatic rings. The summed E-state index contributed by atoms with van der Waals surface area (Å²) in [4.78, 5) is 16.0. The first-order valence-corrected chi connectivity index (χ1v) is 9.01. The van der Waals surface area contributed by atoms with Crippen LogP contribution in [0.2, 0.25) is 0 Å². The van der Waals surface area contributed by atoms with Crippen molar-refractivity contribution in [3.63, 3.8) is 0 Å². The molecule has 24 heavy (non-hydrogen) atoms. The maximum Gasteiger partial charge on any atom is 0.159 e. The summed E-state index contributed by atoms with van der Waals surface area (Å²) in [5.74, 6) is 1.29. The summed E-state index contributed by atoms with van der Waals surface area (Å²) in [6.45, 7) is 1.51. The Kier molecular flexibility index (Phi) is 4.76. The fraction of sp³-hybridized carbons (Fsp3) is 0.222. The number of benzene rings is 1. The van der Waals surface area contributed by atoms with E-state index in [0.29, 0.717) is 22.8 Å². The number of hydrogen-bond acceptors (Lipinski definition) is 4. The fourth-order valence-corrected chi connectivity index (χ4v) is 3.70. The smallest absolute Gasteiger partial charge is 0.159 e. The van der Waals surface area contributed by atoms with E-state index in [1.165, 1.54) is 6.92 Å². The van der Waals surface area contributed by atoms with Crippen molar-refractivity contribution in [2.45, 2.75) is 18.4 Å². The minimum absolute atomic E-state index is 0.0231. The predicted octanol–water partition coefficient (Wildman–Crippen LogP) is 2.99. The highest BCUT2D eigenvalue weighted by atomic mass is 32.2. The second kappa shape index (κ2) is 6.97. The van der Waals surface area contributed by atoms with E-state index in [4.69, 9.17) is 4.74 Å². The molecule has 3 rings (SSSR count). The fourth-order valence-electron chi connectivity index (χ4n) is 2.56. The molecule has 1 aromatic carbocycles. The molecule has 0 aliphatic rings. The first-order valence-electron chi connectivity index (χ1n) is 7.52. The molecule has 5 nitrogen and oxygen atoms in total. The van der Waals surface area contributed by atoms with Crippen molar-refractivity contribution in [1.29, 1.82) is 0 Å². The number of imidazole rings is 1. The zero-order valence-electron chi connectivity index (χ0n) is 13.6. The highest BCUT2D eigenvalue weighted by molar-refractivity contribution is 7.83. The molecule has 2 heterocycles. The van der Waals surface area contributed by atoms with E-state index in [0.717, 1.165) is 16.9 Å². The number of carbonyl (C=O) groups excluding carboxylic acids is 1. The van der Waals surface area contributed by atoms with E-state index in [-0.39, 0.29) is 5.78 Å². The van der Waals surface area contributed by atoms with Crippen LogP contribution >= 0.6 is 0 Å². The van der Waals surface area contributed by atoms with Crippen LogP contribution in [0.15, 0.2) is 48.8 Å². The Morgan fingerprint density at radius 3 is 2.79 bits per heavy atom. The number of aromatic nitrogens is 2. The topological polar surface area (TPSA) is 60.7 Å². The van der Waals surface area contributed by atoms with Gasteiger partial charge in [-0.05, 0) is 37.3 Å².